The summed E-state index contributed by atoms with van der Waals surface area (Å²) in [6.45, 7) is 3.09. The number of aryl methyl sites for hydroxylation is 1. The number of aromatic nitrogens is 4. The smallest absolute Gasteiger partial charge is 0.292 e. The van der Waals surface area contributed by atoms with Gasteiger partial charge >= 0.3 is 5.69 Å². The van der Waals surface area contributed by atoms with E-state index in [1.807, 2.05) is 0 Å². The van der Waals surface area contributed by atoms with Crippen LogP contribution in [0.15, 0.2) is 17.6 Å². The molecule has 2 heterocycles. The first kappa shape index (κ1) is 11.8. The van der Waals surface area contributed by atoms with Crippen LogP contribution in [0.3, 0.4) is 0 Å². The maximum absolute atomic E-state index is 12.3. The highest BCUT2D eigenvalue weighted by molar-refractivity contribution is 6.28. The molecule has 2 aromatic rings. The quantitative estimate of drug-likeness (QED) is 0.784. The average Bonchev–Trinajstić information content (AvgIpc) is 2.51. The summed E-state index contributed by atoms with van der Waals surface area (Å²) in [5.74, 6) is 0. The van der Waals surface area contributed by atoms with Gasteiger partial charge in [-0.1, -0.05) is 6.58 Å². The first-order valence-corrected chi connectivity index (χ1v) is 5.28. The van der Waals surface area contributed by atoms with E-state index >= 15 is 0 Å². The Kier molecular flexibility index (Phi) is 2.97. The molecular weight excluding hydrogens is 247 g/mol. The van der Waals surface area contributed by atoms with Gasteiger partial charge < -0.3 is 0 Å². The van der Waals surface area contributed by atoms with E-state index in [1.165, 1.54) is 15.3 Å². The molecule has 2 aromatic heterocycles. The molecule has 0 aromatic carbocycles. The predicted octanol–water partition coefficient (Wildman–Crippen LogP) is 1.61. The number of nitrogens with zero attached hydrogens (tertiary/aromatic N) is 4. The van der Waals surface area contributed by atoms with E-state index in [9.17, 15) is 9.18 Å². The summed E-state index contributed by atoms with van der Waals surface area (Å²) < 4.78 is 14.9. The second kappa shape index (κ2) is 4.29. The number of halogens is 2. The fourth-order valence-corrected chi connectivity index (χ4v) is 1.73. The van der Waals surface area contributed by atoms with Gasteiger partial charge in [0.15, 0.2) is 5.65 Å². The van der Waals surface area contributed by atoms with Crippen molar-refractivity contribution in [1.82, 2.24) is 19.1 Å². The molecule has 0 amide bonds. The highest BCUT2D eigenvalue weighted by Crippen LogP contribution is 2.16. The van der Waals surface area contributed by atoms with Gasteiger partial charge in [0.25, 0.3) is 0 Å². The molecule has 7 heteroatoms. The van der Waals surface area contributed by atoms with Crippen LogP contribution in [0.4, 0.5) is 4.39 Å². The van der Waals surface area contributed by atoms with Gasteiger partial charge in [0.05, 0.1) is 12.9 Å². The van der Waals surface area contributed by atoms with Crippen LogP contribution in [-0.2, 0) is 7.05 Å². The molecule has 0 aliphatic carbocycles. The number of hydrogen-bond acceptors (Lipinski definition) is 3. The van der Waals surface area contributed by atoms with E-state index in [0.717, 1.165) is 0 Å². The Morgan fingerprint density at radius 1 is 1.65 bits per heavy atom. The van der Waals surface area contributed by atoms with Gasteiger partial charge in [-0.3, -0.25) is 8.96 Å². The summed E-state index contributed by atoms with van der Waals surface area (Å²) in [6, 6.07) is 0. The molecular formula is C10H10ClFN4O. The maximum Gasteiger partial charge on any atom is 0.334 e. The van der Waals surface area contributed by atoms with Crippen molar-refractivity contribution in [2.24, 2.45) is 7.05 Å². The van der Waals surface area contributed by atoms with Crippen molar-refractivity contribution < 1.29 is 4.39 Å². The summed E-state index contributed by atoms with van der Waals surface area (Å²) in [5, 5.41) is 0.0323. The Hall–Kier alpha value is -1.69. The Labute approximate surface area is 101 Å². The van der Waals surface area contributed by atoms with Gasteiger partial charge in [-0.2, -0.15) is 4.98 Å². The predicted molar refractivity (Wildman–Crippen MR) is 63.7 cm³/mol. The average molecular weight is 257 g/mol. The Balaban J connectivity index is 2.77. The number of fused-ring (bicyclic) bond motifs is 1. The molecule has 0 N–H and O–H groups in total. The molecule has 0 atom stereocenters. The molecule has 0 aliphatic rings. The van der Waals surface area contributed by atoms with Gasteiger partial charge in [-0.05, 0) is 11.6 Å². The molecule has 0 saturated carbocycles. The second-order valence-electron chi connectivity index (χ2n) is 3.53. The maximum atomic E-state index is 12.3. The molecule has 0 saturated heterocycles. The van der Waals surface area contributed by atoms with E-state index < -0.39 is 6.67 Å². The molecule has 0 fully saturated rings. The van der Waals surface area contributed by atoms with Crippen LogP contribution in [0.2, 0.25) is 5.28 Å². The number of rotatable bonds is 3. The fraction of sp³-hybridized carbons (Fsp3) is 0.300. The lowest BCUT2D eigenvalue weighted by Gasteiger charge is -2.03. The summed E-state index contributed by atoms with van der Waals surface area (Å²) >= 11 is 5.68. The Morgan fingerprint density at radius 2 is 2.35 bits per heavy atom. The van der Waals surface area contributed by atoms with Gasteiger partial charge in [-0.25, -0.2) is 14.3 Å². The van der Waals surface area contributed by atoms with Gasteiger partial charge in [-0.15, -0.1) is 0 Å². The van der Waals surface area contributed by atoms with Crippen molar-refractivity contribution in [3.63, 3.8) is 0 Å². The first-order chi connectivity index (χ1) is 8.06. The molecule has 2 rings (SSSR count). The van der Waals surface area contributed by atoms with Gasteiger partial charge in [0.2, 0.25) is 5.28 Å². The van der Waals surface area contributed by atoms with Crippen LogP contribution in [0.5, 0.6) is 0 Å². The monoisotopic (exact) mass is 256 g/mol. The molecule has 0 aliphatic heterocycles. The van der Waals surface area contributed by atoms with Crippen molar-refractivity contribution >= 4 is 28.5 Å². The Bertz CT molecular complexity index is 646. The van der Waals surface area contributed by atoms with Gasteiger partial charge in [0, 0.05) is 19.2 Å². The van der Waals surface area contributed by atoms with Crippen molar-refractivity contribution in [2.75, 3.05) is 6.67 Å². The number of allylic oxidation sites excluding steroid dienone is 1. The van der Waals surface area contributed by atoms with Crippen LogP contribution < -0.4 is 5.69 Å². The summed E-state index contributed by atoms with van der Waals surface area (Å²) in [7, 11) is 1.58. The molecule has 17 heavy (non-hydrogen) atoms. The van der Waals surface area contributed by atoms with Crippen LogP contribution in [0.1, 0.15) is 6.42 Å². The van der Waals surface area contributed by atoms with Crippen molar-refractivity contribution in [2.45, 2.75) is 6.42 Å². The number of alkyl halides is 1. The second-order valence-corrected chi connectivity index (χ2v) is 3.87. The summed E-state index contributed by atoms with van der Waals surface area (Å²) in [4.78, 5) is 19.7. The SMILES string of the molecule is C=C(CCF)n1c(=O)n(C)c2cnc(Cl)nc21. The van der Waals surface area contributed by atoms with E-state index in [1.54, 1.807) is 7.05 Å². The molecule has 0 spiro atoms. The topological polar surface area (TPSA) is 52.7 Å². The largest absolute Gasteiger partial charge is 0.334 e. The minimum absolute atomic E-state index is 0.0323. The highest BCUT2D eigenvalue weighted by Gasteiger charge is 2.14. The van der Waals surface area contributed by atoms with E-state index in [-0.39, 0.29) is 17.4 Å². The fourth-order valence-electron chi connectivity index (χ4n) is 1.60. The minimum Gasteiger partial charge on any atom is -0.292 e. The third-order valence-electron chi connectivity index (χ3n) is 2.47. The molecule has 5 nitrogen and oxygen atoms in total. The van der Waals surface area contributed by atoms with Crippen LogP contribution >= 0.6 is 11.6 Å². The number of imidazole rings is 1. The van der Waals surface area contributed by atoms with E-state index in [4.69, 9.17) is 11.6 Å². The van der Waals surface area contributed by atoms with Crippen molar-refractivity contribution in [1.29, 1.82) is 0 Å². The Morgan fingerprint density at radius 3 is 3.00 bits per heavy atom. The normalized spacial score (nSPS) is 11.0. The lowest BCUT2D eigenvalue weighted by Crippen LogP contribution is -2.21. The zero-order valence-electron chi connectivity index (χ0n) is 9.15. The highest BCUT2D eigenvalue weighted by atomic mass is 35.5. The number of hydrogen-bond donors (Lipinski definition) is 0. The minimum atomic E-state index is -0.583. The lowest BCUT2D eigenvalue weighted by atomic mass is 10.3. The standard InChI is InChI=1S/C10H10ClFN4O/c1-6(3-4-12)16-8-7(15(2)10(16)17)5-13-9(11)14-8/h5H,1,3-4H2,2H3. The molecule has 0 unspecified atom stereocenters. The zero-order chi connectivity index (χ0) is 12.6. The lowest BCUT2D eigenvalue weighted by molar-refractivity contribution is 0.500. The summed E-state index contributed by atoms with van der Waals surface area (Å²) in [5.41, 5.74) is 0.878. The summed E-state index contributed by atoms with van der Waals surface area (Å²) in [6.07, 6.45) is 1.52. The van der Waals surface area contributed by atoms with Crippen LogP contribution in [0.25, 0.3) is 16.9 Å². The molecule has 90 valence electrons. The van der Waals surface area contributed by atoms with E-state index in [2.05, 4.69) is 16.5 Å². The zero-order valence-corrected chi connectivity index (χ0v) is 9.91. The third kappa shape index (κ3) is 1.84. The van der Waals surface area contributed by atoms with Crippen molar-refractivity contribution in [3.05, 3.63) is 28.5 Å². The third-order valence-corrected chi connectivity index (χ3v) is 2.65. The van der Waals surface area contributed by atoms with Crippen LogP contribution in [0, 0.1) is 0 Å². The molecule has 0 radical (unpaired) electrons. The molecule has 0 bridgehead atoms. The van der Waals surface area contributed by atoms with Gasteiger partial charge in [0.1, 0.15) is 5.52 Å². The van der Waals surface area contributed by atoms with Crippen molar-refractivity contribution in [3.8, 4) is 0 Å². The van der Waals surface area contributed by atoms with Crippen LogP contribution in [-0.4, -0.2) is 25.8 Å². The first-order valence-electron chi connectivity index (χ1n) is 4.90. The van der Waals surface area contributed by atoms with E-state index in [0.29, 0.717) is 16.9 Å².